The quantitative estimate of drug-likeness (QED) is 0.425. The topological polar surface area (TPSA) is 111 Å². The highest BCUT2D eigenvalue weighted by Gasteiger charge is 2.26. The molecule has 190 valence electrons. The summed E-state index contributed by atoms with van der Waals surface area (Å²) >= 11 is 0. The maximum Gasteiger partial charge on any atom is 0.335 e. The third-order valence-corrected chi connectivity index (χ3v) is 5.40. The lowest BCUT2D eigenvalue weighted by atomic mass is 10.1. The minimum Gasteiger partial charge on any atom is -0.491 e. The van der Waals surface area contributed by atoms with E-state index < -0.39 is 5.97 Å². The van der Waals surface area contributed by atoms with Gasteiger partial charge in [0.25, 0.3) is 5.91 Å². The second-order valence-corrected chi connectivity index (χ2v) is 7.56. The van der Waals surface area contributed by atoms with Crippen LogP contribution >= 0.6 is 0 Å². The number of ether oxygens (including phenoxy) is 1. The molecule has 4 rings (SSSR count). The van der Waals surface area contributed by atoms with Crippen LogP contribution in [0.2, 0.25) is 0 Å². The minimum atomic E-state index is -1.06. The van der Waals surface area contributed by atoms with Crippen molar-refractivity contribution in [3.05, 3.63) is 47.8 Å². The number of amides is 1. The Morgan fingerprint density at radius 1 is 1.26 bits per heavy atom. The van der Waals surface area contributed by atoms with Crippen LogP contribution in [0.15, 0.2) is 30.9 Å². The Kier molecular flexibility index (Phi) is 10.1. The van der Waals surface area contributed by atoms with E-state index in [1.165, 1.54) is 12.1 Å². The summed E-state index contributed by atoms with van der Waals surface area (Å²) in [6, 6.07) is 4.76. The van der Waals surface area contributed by atoms with Gasteiger partial charge in [-0.05, 0) is 51.3 Å². The van der Waals surface area contributed by atoms with Crippen LogP contribution in [0.5, 0.6) is 5.75 Å². The molecule has 35 heavy (non-hydrogen) atoms. The van der Waals surface area contributed by atoms with Crippen LogP contribution in [-0.2, 0) is 6.54 Å². The van der Waals surface area contributed by atoms with Crippen molar-refractivity contribution in [2.75, 3.05) is 11.9 Å². The molecule has 1 aliphatic heterocycles. The first-order valence-electron chi connectivity index (χ1n) is 12.3. The summed E-state index contributed by atoms with van der Waals surface area (Å²) in [5, 5.41) is 16.7. The third kappa shape index (κ3) is 5.90. The van der Waals surface area contributed by atoms with E-state index in [1.807, 2.05) is 52.2 Å². The van der Waals surface area contributed by atoms with Gasteiger partial charge < -0.3 is 14.4 Å². The Hall–Kier alpha value is -3.62. The molecular formula is C26H37N5O4. The smallest absolute Gasteiger partial charge is 0.335 e. The van der Waals surface area contributed by atoms with Crippen molar-refractivity contribution in [3.63, 3.8) is 0 Å². The fourth-order valence-corrected chi connectivity index (χ4v) is 4.05. The molecule has 0 spiro atoms. The number of nitrogens with zero attached hydrogens (tertiary/aromatic N) is 4. The van der Waals surface area contributed by atoms with Gasteiger partial charge in [0.15, 0.2) is 0 Å². The second-order valence-electron chi connectivity index (χ2n) is 7.56. The predicted octanol–water partition coefficient (Wildman–Crippen LogP) is 5.85. The number of carboxylic acid groups (broad SMARTS) is 1. The number of carboxylic acids is 1. The van der Waals surface area contributed by atoms with Crippen molar-refractivity contribution in [2.45, 2.75) is 73.4 Å². The van der Waals surface area contributed by atoms with Crippen LogP contribution in [0.1, 0.15) is 86.5 Å². The van der Waals surface area contributed by atoms with Gasteiger partial charge >= 0.3 is 5.97 Å². The van der Waals surface area contributed by atoms with Gasteiger partial charge in [0.05, 0.1) is 23.4 Å². The molecule has 0 bridgehead atoms. The molecule has 1 amide bonds. The molecule has 3 aromatic rings. The Bertz CT molecular complexity index is 1180. The lowest BCUT2D eigenvalue weighted by Gasteiger charge is -2.24. The van der Waals surface area contributed by atoms with Crippen molar-refractivity contribution in [1.29, 1.82) is 0 Å². The molecule has 1 aromatic carbocycles. The molecule has 1 aliphatic rings. The summed E-state index contributed by atoms with van der Waals surface area (Å²) in [4.78, 5) is 29.3. The highest BCUT2D eigenvalue weighted by molar-refractivity contribution is 6.04. The molecule has 3 heterocycles. The van der Waals surface area contributed by atoms with E-state index in [4.69, 9.17) is 4.74 Å². The Morgan fingerprint density at radius 2 is 1.97 bits per heavy atom. The molecule has 0 saturated carbocycles. The Morgan fingerprint density at radius 3 is 2.60 bits per heavy atom. The Balaban J connectivity index is 0.00000103. The van der Waals surface area contributed by atoms with Gasteiger partial charge in [-0.15, -0.1) is 6.58 Å². The maximum absolute atomic E-state index is 13.1. The summed E-state index contributed by atoms with van der Waals surface area (Å²) in [6.07, 6.45) is 4.11. The van der Waals surface area contributed by atoms with E-state index >= 15 is 0 Å². The Labute approximate surface area is 206 Å². The van der Waals surface area contributed by atoms with Crippen molar-refractivity contribution >= 4 is 28.9 Å². The number of allylic oxidation sites excluding steroid dienone is 1. The van der Waals surface area contributed by atoms with Crippen molar-refractivity contribution in [3.8, 4) is 5.75 Å². The molecule has 2 N–H and O–H groups in total. The SMILES string of the molecule is C=CCC1CCCOc2cc(C(=O)O)cc3nc(NC(=O)c4cc(C)nn4CC)n1c23.CC.CC. The molecule has 2 aromatic heterocycles. The predicted molar refractivity (Wildman–Crippen MR) is 139 cm³/mol. The molecule has 0 aliphatic carbocycles. The molecule has 0 fully saturated rings. The number of rotatable bonds is 6. The number of anilines is 1. The molecule has 1 unspecified atom stereocenters. The van der Waals surface area contributed by atoms with Gasteiger partial charge in [0, 0.05) is 12.6 Å². The van der Waals surface area contributed by atoms with Gasteiger partial charge in [-0.25, -0.2) is 9.78 Å². The number of aromatic carboxylic acids is 1. The number of hydrogen-bond acceptors (Lipinski definition) is 5. The molecule has 9 nitrogen and oxygen atoms in total. The number of nitrogens with one attached hydrogen (secondary N) is 1. The van der Waals surface area contributed by atoms with Crippen LogP contribution in [0.4, 0.5) is 5.95 Å². The van der Waals surface area contributed by atoms with Crippen molar-refractivity contribution in [2.24, 2.45) is 0 Å². The van der Waals surface area contributed by atoms with Gasteiger partial charge in [-0.3, -0.25) is 14.8 Å². The third-order valence-electron chi connectivity index (χ3n) is 5.40. The zero-order chi connectivity index (χ0) is 26.1. The molecule has 0 radical (unpaired) electrons. The van der Waals surface area contributed by atoms with Crippen LogP contribution in [0, 0.1) is 6.92 Å². The van der Waals surface area contributed by atoms with Gasteiger partial charge in [0.1, 0.15) is 17.0 Å². The van der Waals surface area contributed by atoms with Crippen LogP contribution in [0.3, 0.4) is 0 Å². The van der Waals surface area contributed by atoms with Gasteiger partial charge in [-0.2, -0.15) is 5.10 Å². The zero-order valence-electron chi connectivity index (χ0n) is 21.6. The van der Waals surface area contributed by atoms with E-state index in [9.17, 15) is 14.7 Å². The lowest BCUT2D eigenvalue weighted by molar-refractivity contribution is 0.0696. The number of aryl methyl sites for hydroxylation is 2. The fourth-order valence-electron chi connectivity index (χ4n) is 4.05. The van der Waals surface area contributed by atoms with Crippen LogP contribution < -0.4 is 10.1 Å². The summed E-state index contributed by atoms with van der Waals surface area (Å²) in [5.41, 5.74) is 2.41. The number of hydrogen-bond donors (Lipinski definition) is 2. The van der Waals surface area contributed by atoms with E-state index in [2.05, 4.69) is 22.0 Å². The lowest BCUT2D eigenvalue weighted by Crippen LogP contribution is -2.22. The zero-order valence-corrected chi connectivity index (χ0v) is 21.6. The number of carbonyl (C=O) groups is 2. The van der Waals surface area contributed by atoms with Crippen LogP contribution in [0.25, 0.3) is 11.0 Å². The number of aromatic nitrogens is 4. The highest BCUT2D eigenvalue weighted by atomic mass is 16.5. The molecule has 9 heteroatoms. The maximum atomic E-state index is 13.1. The largest absolute Gasteiger partial charge is 0.491 e. The van der Waals surface area contributed by atoms with E-state index in [1.54, 1.807) is 10.7 Å². The molecule has 1 atom stereocenters. The summed E-state index contributed by atoms with van der Waals surface area (Å²) < 4.78 is 9.46. The van der Waals surface area contributed by atoms with E-state index in [0.717, 1.165) is 18.5 Å². The van der Waals surface area contributed by atoms with Crippen LogP contribution in [-0.4, -0.2) is 42.9 Å². The minimum absolute atomic E-state index is 0.00829. The normalized spacial score (nSPS) is 14.3. The second kappa shape index (κ2) is 12.7. The van der Waals surface area contributed by atoms with Crippen molar-refractivity contribution in [1.82, 2.24) is 19.3 Å². The summed E-state index contributed by atoms with van der Waals surface area (Å²) in [7, 11) is 0. The first-order valence-corrected chi connectivity index (χ1v) is 12.3. The highest BCUT2D eigenvalue weighted by Crippen LogP contribution is 2.37. The standard InChI is InChI=1S/C22H25N5O4.2C2H6/c1-4-7-15-8-6-9-31-18-12-14(21(29)30)11-16-19(18)27(15)22(23-16)24-20(28)17-10-13(3)25-26(17)5-2;2*1-2/h4,10-12,15H,1,5-9H2,2-3H3,(H,29,30)(H,23,24,28);2*1-2H3. The fraction of sp³-hybridized carbons (Fsp3) is 0.462. The first kappa shape index (κ1) is 27.6. The van der Waals surface area contributed by atoms with E-state index in [0.29, 0.717) is 48.0 Å². The van der Waals surface area contributed by atoms with Gasteiger partial charge in [0.2, 0.25) is 5.95 Å². The number of carbonyl (C=O) groups excluding carboxylic acids is 1. The summed E-state index contributed by atoms with van der Waals surface area (Å²) in [6.45, 7) is 16.7. The summed E-state index contributed by atoms with van der Waals surface area (Å²) in [5.74, 6) is -0.586. The monoisotopic (exact) mass is 483 g/mol. The molecule has 0 saturated heterocycles. The van der Waals surface area contributed by atoms with Gasteiger partial charge in [-0.1, -0.05) is 33.8 Å². The number of benzene rings is 1. The number of imidazole rings is 1. The van der Waals surface area contributed by atoms with E-state index in [-0.39, 0.29) is 17.5 Å². The average molecular weight is 484 g/mol. The molecular weight excluding hydrogens is 446 g/mol. The van der Waals surface area contributed by atoms with Crippen molar-refractivity contribution < 1.29 is 19.4 Å². The first-order chi connectivity index (χ1) is 16.9. The average Bonchev–Trinajstić information content (AvgIpc) is 3.41.